The van der Waals surface area contributed by atoms with Crippen molar-refractivity contribution in [2.75, 3.05) is 20.3 Å². The van der Waals surface area contributed by atoms with Gasteiger partial charge in [0.25, 0.3) is 5.91 Å². The molecule has 2 amide bonds. The first-order valence-corrected chi connectivity index (χ1v) is 14.8. The van der Waals surface area contributed by atoms with Gasteiger partial charge in [-0.05, 0) is 56.2 Å². The molecule has 2 aromatic carbocycles. The summed E-state index contributed by atoms with van der Waals surface area (Å²) in [5.41, 5.74) is 1.17. The predicted octanol–water partition coefficient (Wildman–Crippen LogP) is 4.31. The Kier molecular flexibility index (Phi) is 6.90. The summed E-state index contributed by atoms with van der Waals surface area (Å²) in [7, 11) is 1.40. The molecule has 242 valence electrons. The van der Waals surface area contributed by atoms with Crippen LogP contribution in [0.4, 0.5) is 13.2 Å². The molecule has 2 atom stereocenters. The Balaban J connectivity index is 1.30. The number of primary amides is 1. The summed E-state index contributed by atoms with van der Waals surface area (Å²) in [4.78, 5) is 34.5. The molecule has 47 heavy (non-hydrogen) atoms. The van der Waals surface area contributed by atoms with Gasteiger partial charge >= 0.3 is 6.18 Å². The molecule has 0 unspecified atom stereocenters. The first kappa shape index (κ1) is 30.4. The van der Waals surface area contributed by atoms with Gasteiger partial charge in [0.05, 0.1) is 30.9 Å². The topological polar surface area (TPSA) is 154 Å². The van der Waals surface area contributed by atoms with Crippen LogP contribution in [0.2, 0.25) is 0 Å². The second-order valence-corrected chi connectivity index (χ2v) is 12.1. The van der Waals surface area contributed by atoms with Gasteiger partial charge in [-0.1, -0.05) is 12.1 Å². The molecular formula is C33H29F3N6O5. The summed E-state index contributed by atoms with van der Waals surface area (Å²) >= 11 is 0. The third-order valence-electron chi connectivity index (χ3n) is 8.88. The number of hydrogen-bond acceptors (Lipinski definition) is 8. The summed E-state index contributed by atoms with van der Waals surface area (Å²) in [5, 5.41) is 19.4. The number of aromatic nitrogens is 4. The Morgan fingerprint density at radius 3 is 2.66 bits per heavy atom. The quantitative estimate of drug-likeness (QED) is 0.226. The highest BCUT2D eigenvalue weighted by atomic mass is 19.4. The monoisotopic (exact) mass is 646 g/mol. The lowest BCUT2D eigenvalue weighted by Gasteiger charge is -2.31. The minimum absolute atomic E-state index is 0.0105. The summed E-state index contributed by atoms with van der Waals surface area (Å²) < 4.78 is 57.7. The van der Waals surface area contributed by atoms with E-state index in [0.717, 1.165) is 18.9 Å². The van der Waals surface area contributed by atoms with E-state index in [-0.39, 0.29) is 41.0 Å². The highest BCUT2D eigenvalue weighted by Gasteiger charge is 2.57. The number of hydrogen-bond donors (Lipinski definition) is 3. The minimum Gasteiger partial charge on any atom is -0.494 e. The van der Waals surface area contributed by atoms with E-state index in [2.05, 4.69) is 20.4 Å². The number of carbonyl (C=O) groups is 2. The number of nitrogens with zero attached hydrogens (tertiary/aromatic N) is 4. The number of nitrogens with one attached hydrogen (secondary N) is 1. The lowest BCUT2D eigenvalue weighted by atomic mass is 9.81. The SMILES string of the molecule is COc1cc(C(=O)NC[C@](O)(c2cc3c(c(-c4ccc5ncccc5c4)n2)OC[C@]3(C)C(N)=O)C(F)(F)F)cc2cn(C3CC3)nc12. The summed E-state index contributed by atoms with van der Waals surface area (Å²) in [6.07, 6.45) is -0.00840. The van der Waals surface area contributed by atoms with Crippen molar-refractivity contribution in [1.82, 2.24) is 25.1 Å². The first-order chi connectivity index (χ1) is 22.3. The number of benzene rings is 2. The maximum atomic E-state index is 14.9. The van der Waals surface area contributed by atoms with Crippen LogP contribution < -0.4 is 20.5 Å². The Morgan fingerprint density at radius 2 is 1.96 bits per heavy atom. The zero-order chi connectivity index (χ0) is 33.3. The molecule has 7 rings (SSSR count). The Bertz CT molecular complexity index is 2100. The van der Waals surface area contributed by atoms with Gasteiger partial charge in [0.15, 0.2) is 0 Å². The standard InChI is InChI=1S/C33H29F3N6O5/c1-31(30(37)44)16-47-28-22(31)13-25(40-27(28)18-5-8-23-17(10-18)4-3-9-38-23)32(45,33(34,35)36)15-39-29(43)19-11-20-14-42(21-6-7-21)41-26(20)24(12-19)46-2/h3-5,8-14,21,45H,6-7,15-16H2,1-2H3,(H2,37,44)(H,39,43)/t31-,32-/m0/s1. The Hall–Kier alpha value is -5.24. The number of fused-ring (bicyclic) bond motifs is 3. The van der Waals surface area contributed by atoms with Crippen molar-refractivity contribution in [2.24, 2.45) is 5.73 Å². The molecule has 1 aliphatic carbocycles. The molecule has 4 N–H and O–H groups in total. The number of ether oxygens (including phenoxy) is 2. The molecule has 1 saturated carbocycles. The van der Waals surface area contributed by atoms with Crippen LogP contribution in [0.1, 0.15) is 47.4 Å². The molecule has 0 radical (unpaired) electrons. The van der Waals surface area contributed by atoms with E-state index in [0.29, 0.717) is 27.4 Å². The number of halogens is 3. The van der Waals surface area contributed by atoms with Gasteiger partial charge in [0.2, 0.25) is 11.5 Å². The third-order valence-corrected chi connectivity index (χ3v) is 8.88. The van der Waals surface area contributed by atoms with Gasteiger partial charge in [-0.15, -0.1) is 0 Å². The smallest absolute Gasteiger partial charge is 0.424 e. The fourth-order valence-corrected chi connectivity index (χ4v) is 5.80. The Morgan fingerprint density at radius 1 is 1.17 bits per heavy atom. The zero-order valence-electron chi connectivity index (χ0n) is 25.3. The number of amides is 2. The fourth-order valence-electron chi connectivity index (χ4n) is 5.80. The van der Waals surface area contributed by atoms with E-state index in [1.165, 1.54) is 26.2 Å². The molecule has 11 nitrogen and oxygen atoms in total. The molecular weight excluding hydrogens is 617 g/mol. The van der Waals surface area contributed by atoms with Crippen LogP contribution in [-0.4, -0.2) is 63.1 Å². The molecule has 3 aromatic heterocycles. The van der Waals surface area contributed by atoms with Crippen molar-refractivity contribution >= 4 is 33.6 Å². The highest BCUT2D eigenvalue weighted by molar-refractivity contribution is 6.00. The van der Waals surface area contributed by atoms with Gasteiger partial charge in [0.1, 0.15) is 34.7 Å². The molecule has 0 bridgehead atoms. The Labute approximate surface area is 265 Å². The molecule has 0 spiro atoms. The second kappa shape index (κ2) is 10.7. The average Bonchev–Trinajstić information content (AvgIpc) is 3.72. The van der Waals surface area contributed by atoms with Gasteiger partial charge in [-0.25, -0.2) is 4.98 Å². The minimum atomic E-state index is -5.32. The molecule has 4 heterocycles. The summed E-state index contributed by atoms with van der Waals surface area (Å²) in [5.74, 6) is -1.38. The van der Waals surface area contributed by atoms with Crippen molar-refractivity contribution < 1.29 is 37.3 Å². The number of carbonyl (C=O) groups excluding carboxylic acids is 2. The molecule has 2 aliphatic rings. The third kappa shape index (κ3) is 4.99. The van der Waals surface area contributed by atoms with Crippen molar-refractivity contribution in [3.8, 4) is 22.8 Å². The number of nitrogens with two attached hydrogens (primary N) is 1. The van der Waals surface area contributed by atoms with Crippen LogP contribution in [0.5, 0.6) is 11.5 Å². The van der Waals surface area contributed by atoms with Crippen LogP contribution in [0.15, 0.2) is 60.9 Å². The van der Waals surface area contributed by atoms with Gasteiger partial charge in [-0.3, -0.25) is 19.3 Å². The van der Waals surface area contributed by atoms with Gasteiger partial charge in [-0.2, -0.15) is 18.3 Å². The number of alkyl halides is 3. The van der Waals surface area contributed by atoms with E-state index < -0.39 is 41.2 Å². The maximum absolute atomic E-state index is 14.9. The van der Waals surface area contributed by atoms with Crippen molar-refractivity contribution in [2.45, 2.75) is 43.0 Å². The molecule has 1 aliphatic heterocycles. The average molecular weight is 647 g/mol. The lowest BCUT2D eigenvalue weighted by molar-refractivity contribution is -0.265. The van der Waals surface area contributed by atoms with E-state index in [9.17, 15) is 27.9 Å². The number of aliphatic hydroxyl groups is 1. The van der Waals surface area contributed by atoms with E-state index in [1.807, 2.05) is 0 Å². The van der Waals surface area contributed by atoms with Gasteiger partial charge in [0, 0.05) is 39.9 Å². The fraction of sp³-hybridized carbons (Fsp3) is 0.303. The largest absolute Gasteiger partial charge is 0.494 e. The van der Waals surface area contributed by atoms with Crippen LogP contribution in [0.3, 0.4) is 0 Å². The van der Waals surface area contributed by atoms with Crippen molar-refractivity contribution in [1.29, 1.82) is 0 Å². The van der Waals surface area contributed by atoms with E-state index in [4.69, 9.17) is 15.2 Å². The number of pyridine rings is 2. The van der Waals surface area contributed by atoms with Gasteiger partial charge < -0.3 is 25.6 Å². The van der Waals surface area contributed by atoms with Crippen LogP contribution in [-0.2, 0) is 15.8 Å². The summed E-state index contributed by atoms with van der Waals surface area (Å²) in [6, 6.07) is 12.5. The molecule has 0 saturated heterocycles. The second-order valence-electron chi connectivity index (χ2n) is 12.1. The molecule has 14 heteroatoms. The van der Waals surface area contributed by atoms with Crippen LogP contribution in [0, 0.1) is 0 Å². The lowest BCUT2D eigenvalue weighted by Crippen LogP contribution is -2.51. The zero-order valence-corrected chi connectivity index (χ0v) is 25.3. The van der Waals surface area contributed by atoms with Crippen molar-refractivity contribution in [3.63, 3.8) is 0 Å². The number of rotatable bonds is 8. The molecule has 5 aromatic rings. The highest BCUT2D eigenvalue weighted by Crippen LogP contribution is 2.48. The predicted molar refractivity (Wildman–Crippen MR) is 164 cm³/mol. The summed E-state index contributed by atoms with van der Waals surface area (Å²) in [6.45, 7) is -0.0891. The maximum Gasteiger partial charge on any atom is 0.424 e. The normalized spacial score (nSPS) is 18.9. The van der Waals surface area contributed by atoms with Crippen LogP contribution >= 0.6 is 0 Å². The van der Waals surface area contributed by atoms with E-state index >= 15 is 0 Å². The van der Waals surface area contributed by atoms with Crippen molar-refractivity contribution in [3.05, 3.63) is 77.7 Å². The number of methoxy groups -OCH3 is 1. The van der Waals surface area contributed by atoms with Crippen LogP contribution in [0.25, 0.3) is 33.1 Å². The first-order valence-electron chi connectivity index (χ1n) is 14.8. The van der Waals surface area contributed by atoms with E-state index in [1.54, 1.807) is 47.4 Å². The molecule has 1 fully saturated rings.